The van der Waals surface area contributed by atoms with E-state index < -0.39 is 0 Å². The molecular formula is C22H20N4O. The average molecular weight is 356 g/mol. The SMILES string of the molecule is Cc1ccc2cc(C(=O)NCc3cnn(-c4ccccc4)c3)c(C)nc2c1. The molecule has 1 amide bonds. The van der Waals surface area contributed by atoms with E-state index in [1.165, 1.54) is 0 Å². The van der Waals surface area contributed by atoms with Gasteiger partial charge in [-0.3, -0.25) is 9.78 Å². The number of carbonyl (C=O) groups excluding carboxylic acids is 1. The van der Waals surface area contributed by atoms with Crippen molar-refractivity contribution in [1.82, 2.24) is 20.1 Å². The second kappa shape index (κ2) is 7.03. The molecule has 0 aliphatic heterocycles. The second-order valence-corrected chi connectivity index (χ2v) is 6.63. The number of aromatic nitrogens is 3. The maximum absolute atomic E-state index is 12.6. The van der Waals surface area contributed by atoms with Crippen molar-refractivity contribution in [3.05, 3.63) is 89.4 Å². The number of carbonyl (C=O) groups is 1. The number of nitrogens with zero attached hydrogens (tertiary/aromatic N) is 3. The van der Waals surface area contributed by atoms with Gasteiger partial charge in [-0.05, 0) is 43.7 Å². The fraction of sp³-hybridized carbons (Fsp3) is 0.136. The van der Waals surface area contributed by atoms with Crippen molar-refractivity contribution >= 4 is 16.8 Å². The highest BCUT2D eigenvalue weighted by Gasteiger charge is 2.12. The minimum atomic E-state index is -0.130. The Labute approximate surface area is 157 Å². The maximum atomic E-state index is 12.6. The molecule has 2 heterocycles. The molecule has 0 aliphatic rings. The maximum Gasteiger partial charge on any atom is 0.253 e. The molecule has 0 atom stereocenters. The Kier molecular flexibility index (Phi) is 4.42. The van der Waals surface area contributed by atoms with Crippen molar-refractivity contribution < 1.29 is 4.79 Å². The number of amides is 1. The fourth-order valence-corrected chi connectivity index (χ4v) is 3.05. The Morgan fingerprint density at radius 1 is 1.07 bits per heavy atom. The Balaban J connectivity index is 1.50. The first-order chi connectivity index (χ1) is 13.1. The summed E-state index contributed by atoms with van der Waals surface area (Å²) in [5.74, 6) is -0.130. The quantitative estimate of drug-likeness (QED) is 0.602. The number of hydrogen-bond acceptors (Lipinski definition) is 3. The molecule has 0 spiro atoms. The number of pyridine rings is 1. The van der Waals surface area contributed by atoms with Crippen LogP contribution in [0.25, 0.3) is 16.6 Å². The van der Waals surface area contributed by atoms with E-state index >= 15 is 0 Å². The molecule has 0 saturated heterocycles. The molecule has 2 aromatic carbocycles. The predicted molar refractivity (Wildman–Crippen MR) is 106 cm³/mol. The first kappa shape index (κ1) is 17.0. The fourth-order valence-electron chi connectivity index (χ4n) is 3.05. The molecule has 4 rings (SSSR count). The molecular weight excluding hydrogens is 336 g/mol. The van der Waals surface area contributed by atoms with Crippen LogP contribution in [0.15, 0.2) is 67.0 Å². The van der Waals surface area contributed by atoms with E-state index in [2.05, 4.69) is 15.4 Å². The van der Waals surface area contributed by atoms with Gasteiger partial charge in [0.25, 0.3) is 5.91 Å². The van der Waals surface area contributed by atoms with Gasteiger partial charge in [0.05, 0.1) is 28.7 Å². The first-order valence-corrected chi connectivity index (χ1v) is 8.85. The largest absolute Gasteiger partial charge is 0.348 e. The van der Waals surface area contributed by atoms with Crippen molar-refractivity contribution in [3.8, 4) is 5.69 Å². The lowest BCUT2D eigenvalue weighted by atomic mass is 10.1. The van der Waals surface area contributed by atoms with Crippen LogP contribution in [0.5, 0.6) is 0 Å². The van der Waals surface area contributed by atoms with Crippen molar-refractivity contribution in [1.29, 1.82) is 0 Å². The molecule has 0 saturated carbocycles. The molecule has 1 N–H and O–H groups in total. The number of rotatable bonds is 4. The Morgan fingerprint density at radius 3 is 2.70 bits per heavy atom. The van der Waals surface area contributed by atoms with Crippen molar-refractivity contribution in [3.63, 3.8) is 0 Å². The van der Waals surface area contributed by atoms with Gasteiger partial charge in [0.15, 0.2) is 0 Å². The van der Waals surface area contributed by atoms with Crippen LogP contribution in [0.3, 0.4) is 0 Å². The van der Waals surface area contributed by atoms with Gasteiger partial charge in [-0.15, -0.1) is 0 Å². The third kappa shape index (κ3) is 3.58. The molecule has 0 aliphatic carbocycles. The topological polar surface area (TPSA) is 59.8 Å². The summed E-state index contributed by atoms with van der Waals surface area (Å²) in [6, 6.07) is 17.8. The molecule has 2 aromatic heterocycles. The second-order valence-electron chi connectivity index (χ2n) is 6.63. The van der Waals surface area contributed by atoms with Crippen LogP contribution < -0.4 is 5.32 Å². The predicted octanol–water partition coefficient (Wildman–Crippen LogP) is 3.97. The van der Waals surface area contributed by atoms with E-state index in [9.17, 15) is 4.79 Å². The smallest absolute Gasteiger partial charge is 0.253 e. The minimum Gasteiger partial charge on any atom is -0.348 e. The number of aryl methyl sites for hydroxylation is 2. The van der Waals surface area contributed by atoms with E-state index in [0.717, 1.165) is 33.4 Å². The summed E-state index contributed by atoms with van der Waals surface area (Å²) < 4.78 is 1.80. The van der Waals surface area contributed by atoms with E-state index in [4.69, 9.17) is 0 Å². The van der Waals surface area contributed by atoms with Gasteiger partial charge in [0.1, 0.15) is 0 Å². The minimum absolute atomic E-state index is 0.130. The normalized spacial score (nSPS) is 10.9. The molecule has 4 aromatic rings. The molecule has 5 nitrogen and oxygen atoms in total. The van der Waals surface area contributed by atoms with Crippen LogP contribution in [0.2, 0.25) is 0 Å². The lowest BCUT2D eigenvalue weighted by molar-refractivity contribution is 0.0950. The number of hydrogen-bond donors (Lipinski definition) is 1. The van der Waals surface area contributed by atoms with Gasteiger partial charge in [0, 0.05) is 23.7 Å². The van der Waals surface area contributed by atoms with Crippen LogP contribution in [0.4, 0.5) is 0 Å². The Morgan fingerprint density at radius 2 is 1.89 bits per heavy atom. The highest BCUT2D eigenvalue weighted by Crippen LogP contribution is 2.18. The average Bonchev–Trinajstić information content (AvgIpc) is 3.15. The van der Waals surface area contributed by atoms with Gasteiger partial charge in [-0.2, -0.15) is 5.10 Å². The van der Waals surface area contributed by atoms with Crippen LogP contribution in [-0.2, 0) is 6.54 Å². The third-order valence-electron chi connectivity index (χ3n) is 4.52. The summed E-state index contributed by atoms with van der Waals surface area (Å²) in [7, 11) is 0. The highest BCUT2D eigenvalue weighted by atomic mass is 16.1. The van der Waals surface area contributed by atoms with Crippen LogP contribution in [0.1, 0.15) is 27.2 Å². The molecule has 0 bridgehead atoms. The molecule has 27 heavy (non-hydrogen) atoms. The van der Waals surface area contributed by atoms with Crippen LogP contribution >= 0.6 is 0 Å². The van der Waals surface area contributed by atoms with E-state index in [1.807, 2.05) is 74.6 Å². The zero-order valence-corrected chi connectivity index (χ0v) is 15.3. The Hall–Kier alpha value is -3.47. The van der Waals surface area contributed by atoms with Gasteiger partial charge >= 0.3 is 0 Å². The standard InChI is InChI=1S/C22H20N4O/c1-15-8-9-18-11-20(16(2)25-21(18)10-15)22(27)23-12-17-13-24-26(14-17)19-6-4-3-5-7-19/h3-11,13-14H,12H2,1-2H3,(H,23,27). The zero-order chi connectivity index (χ0) is 18.8. The van der Waals surface area contributed by atoms with Crippen LogP contribution in [-0.4, -0.2) is 20.7 Å². The lowest BCUT2D eigenvalue weighted by Gasteiger charge is -2.08. The monoisotopic (exact) mass is 356 g/mol. The summed E-state index contributed by atoms with van der Waals surface area (Å²) >= 11 is 0. The van der Waals surface area contributed by atoms with Crippen molar-refractivity contribution in [2.24, 2.45) is 0 Å². The molecule has 0 radical (unpaired) electrons. The summed E-state index contributed by atoms with van der Waals surface area (Å²) in [5, 5.41) is 8.29. The molecule has 5 heteroatoms. The summed E-state index contributed by atoms with van der Waals surface area (Å²) in [5.41, 5.74) is 5.32. The Bertz CT molecular complexity index is 1120. The number of para-hydroxylation sites is 1. The van der Waals surface area contributed by atoms with Gasteiger partial charge in [-0.1, -0.05) is 30.3 Å². The van der Waals surface area contributed by atoms with Crippen LogP contribution in [0, 0.1) is 13.8 Å². The van der Waals surface area contributed by atoms with E-state index in [0.29, 0.717) is 12.1 Å². The summed E-state index contributed by atoms with van der Waals surface area (Å²) in [6.45, 7) is 4.31. The van der Waals surface area contributed by atoms with Gasteiger partial charge in [-0.25, -0.2) is 4.68 Å². The highest BCUT2D eigenvalue weighted by molar-refractivity contribution is 5.98. The van der Waals surface area contributed by atoms with Crippen molar-refractivity contribution in [2.45, 2.75) is 20.4 Å². The summed E-state index contributed by atoms with van der Waals surface area (Å²) in [6.07, 6.45) is 3.69. The van der Waals surface area contributed by atoms with E-state index in [-0.39, 0.29) is 5.91 Å². The number of benzene rings is 2. The third-order valence-corrected chi connectivity index (χ3v) is 4.52. The first-order valence-electron chi connectivity index (χ1n) is 8.85. The molecule has 134 valence electrons. The van der Waals surface area contributed by atoms with E-state index in [1.54, 1.807) is 10.9 Å². The van der Waals surface area contributed by atoms with Gasteiger partial charge < -0.3 is 5.32 Å². The number of fused-ring (bicyclic) bond motifs is 1. The van der Waals surface area contributed by atoms with Gasteiger partial charge in [0.2, 0.25) is 0 Å². The zero-order valence-electron chi connectivity index (χ0n) is 15.3. The summed E-state index contributed by atoms with van der Waals surface area (Å²) in [4.78, 5) is 17.2. The number of nitrogens with one attached hydrogen (secondary N) is 1. The lowest BCUT2D eigenvalue weighted by Crippen LogP contribution is -2.23. The molecule has 0 fully saturated rings. The molecule has 0 unspecified atom stereocenters. The van der Waals surface area contributed by atoms with Crippen molar-refractivity contribution in [2.75, 3.05) is 0 Å².